The predicted molar refractivity (Wildman–Crippen MR) is 133 cm³/mol. The SMILES string of the molecule is CC(=O)Cc1cc(N(C)C)c2c(c1O)C(O)=C1C(=O)[C@]3(O)C(O)=C(C(N)=O)C(=O)[C@@H](N(C)C)[C@@H]3C[C@@H]1C2. The quantitative estimate of drug-likeness (QED) is 0.340. The van der Waals surface area contributed by atoms with E-state index in [1.165, 1.54) is 11.8 Å². The Kier molecular flexibility index (Phi) is 6.20. The molecule has 0 radical (unpaired) electrons. The number of nitrogens with two attached hydrogens (primary N) is 1. The zero-order chi connectivity index (χ0) is 27.7. The van der Waals surface area contributed by atoms with Crippen LogP contribution in [0.5, 0.6) is 5.75 Å². The van der Waals surface area contributed by atoms with Gasteiger partial charge in [0.15, 0.2) is 11.4 Å². The number of likely N-dealkylation sites (N-methyl/N-ethyl adjacent to an activating group) is 1. The van der Waals surface area contributed by atoms with Crippen LogP contribution in [0.4, 0.5) is 5.69 Å². The van der Waals surface area contributed by atoms with Crippen LogP contribution in [0.25, 0.3) is 5.76 Å². The van der Waals surface area contributed by atoms with Crippen LogP contribution in [-0.2, 0) is 32.0 Å². The van der Waals surface area contributed by atoms with Gasteiger partial charge in [-0.25, -0.2) is 0 Å². The maximum atomic E-state index is 13.9. The molecule has 11 nitrogen and oxygen atoms in total. The predicted octanol–water partition coefficient (Wildman–Crippen LogP) is 0.162. The largest absolute Gasteiger partial charge is 0.508 e. The number of aromatic hydroxyl groups is 1. The van der Waals surface area contributed by atoms with Crippen molar-refractivity contribution < 1.29 is 39.6 Å². The molecule has 1 fully saturated rings. The van der Waals surface area contributed by atoms with Gasteiger partial charge >= 0.3 is 0 Å². The van der Waals surface area contributed by atoms with E-state index in [1.807, 2.05) is 0 Å². The molecule has 1 amide bonds. The lowest BCUT2D eigenvalue weighted by molar-refractivity contribution is -0.153. The number of Topliss-reactive ketones (excluding diaryl/α,β-unsaturated/α-hetero) is 3. The number of carbonyl (C=O) groups excluding carboxylic acids is 4. The number of nitrogens with zero attached hydrogens (tertiary/aromatic N) is 2. The van der Waals surface area contributed by atoms with E-state index in [-0.39, 0.29) is 47.5 Å². The third kappa shape index (κ3) is 3.64. The smallest absolute Gasteiger partial charge is 0.255 e. The third-order valence-corrected chi connectivity index (χ3v) is 7.70. The van der Waals surface area contributed by atoms with Crippen molar-refractivity contribution in [3.8, 4) is 5.75 Å². The van der Waals surface area contributed by atoms with Gasteiger partial charge < -0.3 is 31.1 Å². The molecule has 37 heavy (non-hydrogen) atoms. The fraction of sp³-hybridized carbons (Fsp3) is 0.462. The van der Waals surface area contributed by atoms with E-state index in [0.717, 1.165) is 0 Å². The molecule has 0 bridgehead atoms. The Labute approximate surface area is 213 Å². The van der Waals surface area contributed by atoms with Gasteiger partial charge in [-0.05, 0) is 51.4 Å². The molecule has 1 aromatic rings. The molecule has 0 aromatic heterocycles. The van der Waals surface area contributed by atoms with Gasteiger partial charge in [0.25, 0.3) is 5.91 Å². The van der Waals surface area contributed by atoms with Crippen molar-refractivity contribution in [1.82, 2.24) is 4.90 Å². The minimum atomic E-state index is -2.69. The van der Waals surface area contributed by atoms with Gasteiger partial charge in [-0.15, -0.1) is 0 Å². The number of benzene rings is 1. The summed E-state index contributed by atoms with van der Waals surface area (Å²) in [4.78, 5) is 54.1. The number of aliphatic hydroxyl groups excluding tert-OH is 2. The van der Waals surface area contributed by atoms with E-state index in [1.54, 1.807) is 39.2 Å². The third-order valence-electron chi connectivity index (χ3n) is 7.70. The molecule has 0 saturated heterocycles. The van der Waals surface area contributed by atoms with Crippen molar-refractivity contribution >= 4 is 34.7 Å². The number of hydrogen-bond acceptors (Lipinski definition) is 10. The Hall–Kier alpha value is -3.70. The first-order chi connectivity index (χ1) is 17.1. The number of phenols is 1. The van der Waals surface area contributed by atoms with E-state index in [2.05, 4.69) is 0 Å². The Morgan fingerprint density at radius 2 is 1.76 bits per heavy atom. The number of anilines is 1. The second kappa shape index (κ2) is 8.70. The zero-order valence-electron chi connectivity index (χ0n) is 21.3. The summed E-state index contributed by atoms with van der Waals surface area (Å²) in [5.41, 5.74) is 2.96. The minimum absolute atomic E-state index is 0.00852. The molecule has 3 aliphatic rings. The molecule has 4 rings (SSSR count). The van der Waals surface area contributed by atoms with Crippen LogP contribution in [0.2, 0.25) is 0 Å². The highest BCUT2D eigenvalue weighted by Gasteiger charge is 2.64. The number of ketones is 3. The van der Waals surface area contributed by atoms with Crippen LogP contribution in [0.1, 0.15) is 30.0 Å². The second-order valence-corrected chi connectivity index (χ2v) is 10.5. The molecule has 1 saturated carbocycles. The highest BCUT2D eigenvalue weighted by atomic mass is 16.3. The van der Waals surface area contributed by atoms with Crippen LogP contribution in [0.15, 0.2) is 23.0 Å². The number of rotatable bonds is 5. The fourth-order valence-electron chi connectivity index (χ4n) is 6.15. The van der Waals surface area contributed by atoms with Crippen LogP contribution in [0.3, 0.4) is 0 Å². The van der Waals surface area contributed by atoms with Gasteiger partial charge in [-0.1, -0.05) is 0 Å². The summed E-state index contributed by atoms with van der Waals surface area (Å²) in [6.45, 7) is 1.36. The average molecular weight is 514 g/mol. The second-order valence-electron chi connectivity index (χ2n) is 10.5. The number of phenolic OH excluding ortho intramolecular Hbond substituents is 1. The van der Waals surface area contributed by atoms with Crippen LogP contribution < -0.4 is 10.6 Å². The molecule has 198 valence electrons. The summed E-state index contributed by atoms with van der Waals surface area (Å²) in [5.74, 6) is -7.26. The number of amides is 1. The number of primary amides is 1. The number of hydrogen-bond donors (Lipinski definition) is 5. The van der Waals surface area contributed by atoms with Crippen LogP contribution in [-0.4, -0.2) is 88.4 Å². The van der Waals surface area contributed by atoms with E-state index >= 15 is 0 Å². The first kappa shape index (κ1) is 26.4. The monoisotopic (exact) mass is 513 g/mol. The molecular formula is C26H31N3O8. The van der Waals surface area contributed by atoms with Gasteiger partial charge in [0.1, 0.15) is 28.6 Å². The van der Waals surface area contributed by atoms with Crippen LogP contribution >= 0.6 is 0 Å². The maximum Gasteiger partial charge on any atom is 0.255 e. The normalized spacial score (nSPS) is 27.2. The van der Waals surface area contributed by atoms with Crippen molar-refractivity contribution in [1.29, 1.82) is 0 Å². The summed E-state index contributed by atoms with van der Waals surface area (Å²) in [5, 5.41) is 45.0. The lowest BCUT2D eigenvalue weighted by Gasteiger charge is -2.50. The summed E-state index contributed by atoms with van der Waals surface area (Å²) in [6, 6.07) is 0.520. The fourth-order valence-corrected chi connectivity index (χ4v) is 6.15. The first-order valence-electron chi connectivity index (χ1n) is 11.8. The number of fused-ring (bicyclic) bond motifs is 3. The molecule has 6 N–H and O–H groups in total. The summed E-state index contributed by atoms with van der Waals surface area (Å²) in [7, 11) is 6.63. The molecule has 1 aromatic carbocycles. The lowest BCUT2D eigenvalue weighted by atomic mass is 9.57. The highest BCUT2D eigenvalue weighted by Crippen LogP contribution is 2.54. The van der Waals surface area contributed by atoms with Gasteiger partial charge in [0.2, 0.25) is 5.78 Å². The van der Waals surface area contributed by atoms with E-state index in [0.29, 0.717) is 11.3 Å². The van der Waals surface area contributed by atoms with Gasteiger partial charge in [-0.3, -0.25) is 24.1 Å². The Morgan fingerprint density at radius 3 is 2.27 bits per heavy atom. The van der Waals surface area contributed by atoms with E-state index in [4.69, 9.17) is 5.73 Å². The molecule has 11 heteroatoms. The molecule has 0 heterocycles. The first-order valence-corrected chi connectivity index (χ1v) is 11.8. The average Bonchev–Trinajstić information content (AvgIpc) is 2.77. The van der Waals surface area contributed by atoms with Gasteiger partial charge in [0.05, 0.1) is 11.6 Å². The molecule has 3 aliphatic carbocycles. The molecule has 0 spiro atoms. The van der Waals surface area contributed by atoms with Crippen LogP contribution in [0, 0.1) is 11.8 Å². The van der Waals surface area contributed by atoms with Crippen molar-refractivity contribution in [3.63, 3.8) is 0 Å². The topological polar surface area (TPSA) is 182 Å². The Balaban J connectivity index is 2.01. The zero-order valence-corrected chi connectivity index (χ0v) is 21.3. The summed E-state index contributed by atoms with van der Waals surface area (Å²) >= 11 is 0. The number of aliphatic hydroxyl groups is 3. The van der Waals surface area contributed by atoms with E-state index in [9.17, 15) is 39.6 Å². The summed E-state index contributed by atoms with van der Waals surface area (Å²) in [6.07, 6.45) is 0.0780. The Bertz CT molecular complexity index is 1330. The molecule has 0 aliphatic heterocycles. The Morgan fingerprint density at radius 1 is 1.14 bits per heavy atom. The summed E-state index contributed by atoms with van der Waals surface area (Å²) < 4.78 is 0. The van der Waals surface area contributed by atoms with Gasteiger partial charge in [-0.2, -0.15) is 0 Å². The van der Waals surface area contributed by atoms with E-state index < -0.39 is 58.0 Å². The molecule has 4 atom stereocenters. The standard InChI is InChI=1S/C26H31N3O8/c1-10(30)6-12-9-15(28(2)3)13-7-11-8-14-19(29(4)5)22(33)18(25(27)36)24(35)26(14,37)23(34)16(11)21(32)17(13)20(12)31/h9,11,14,19,31-32,35,37H,6-8H2,1-5H3,(H2,27,36)/t11-,14-,19-,26-/m0/s1. The van der Waals surface area contributed by atoms with Gasteiger partial charge in [0, 0.05) is 43.3 Å². The van der Waals surface area contributed by atoms with Crippen molar-refractivity contribution in [3.05, 3.63) is 39.7 Å². The van der Waals surface area contributed by atoms with Crippen molar-refractivity contribution in [2.75, 3.05) is 33.1 Å². The molecule has 0 unspecified atom stereocenters. The highest BCUT2D eigenvalue weighted by molar-refractivity contribution is 6.24. The minimum Gasteiger partial charge on any atom is -0.508 e. The number of carbonyl (C=O) groups is 4. The molecular weight excluding hydrogens is 482 g/mol. The van der Waals surface area contributed by atoms with Crippen molar-refractivity contribution in [2.24, 2.45) is 17.6 Å². The maximum absolute atomic E-state index is 13.9. The van der Waals surface area contributed by atoms with Crippen molar-refractivity contribution in [2.45, 2.75) is 37.8 Å². The lowest BCUT2D eigenvalue weighted by Crippen LogP contribution is -2.65.